The van der Waals surface area contributed by atoms with E-state index in [2.05, 4.69) is 5.32 Å². The first kappa shape index (κ1) is 20.6. The number of fused-ring (bicyclic) bond motifs is 4. The lowest BCUT2D eigenvalue weighted by Crippen LogP contribution is -2.56. The summed E-state index contributed by atoms with van der Waals surface area (Å²) < 4.78 is 19.8. The third kappa shape index (κ3) is 2.14. The molecule has 3 heterocycles. The van der Waals surface area contributed by atoms with Crippen molar-refractivity contribution < 1.29 is 23.5 Å². The van der Waals surface area contributed by atoms with Crippen molar-refractivity contribution in [3.8, 4) is 0 Å². The van der Waals surface area contributed by atoms with Gasteiger partial charge < -0.3 is 19.9 Å². The van der Waals surface area contributed by atoms with Gasteiger partial charge >= 0.3 is 5.97 Å². The number of amides is 2. The fourth-order valence-electron chi connectivity index (χ4n) is 5.48. The van der Waals surface area contributed by atoms with E-state index in [4.69, 9.17) is 17.0 Å². The highest BCUT2D eigenvalue weighted by Gasteiger charge is 2.76. The molecule has 0 unspecified atom stereocenters. The van der Waals surface area contributed by atoms with E-state index < -0.39 is 40.5 Å². The smallest absolute Gasteiger partial charge is 0.314 e. The van der Waals surface area contributed by atoms with Crippen LogP contribution in [-0.4, -0.2) is 43.5 Å². The van der Waals surface area contributed by atoms with E-state index in [1.807, 2.05) is 0 Å². The third-order valence-electron chi connectivity index (χ3n) is 6.78. The number of para-hydroxylation sites is 1. The molecule has 0 saturated carbocycles. The van der Waals surface area contributed by atoms with Crippen molar-refractivity contribution in [2.45, 2.75) is 17.9 Å². The van der Waals surface area contributed by atoms with Gasteiger partial charge in [0, 0.05) is 36.6 Å². The van der Waals surface area contributed by atoms with Crippen LogP contribution in [0.2, 0.25) is 0 Å². The Morgan fingerprint density at radius 3 is 2.47 bits per heavy atom. The molecule has 0 bridgehead atoms. The summed E-state index contributed by atoms with van der Waals surface area (Å²) in [5.74, 6) is -3.63. The highest BCUT2D eigenvalue weighted by Crippen LogP contribution is 2.59. The van der Waals surface area contributed by atoms with Gasteiger partial charge in [-0.25, -0.2) is 4.39 Å². The lowest BCUT2D eigenvalue weighted by Gasteiger charge is -2.33. The van der Waals surface area contributed by atoms with Crippen LogP contribution in [-0.2, 0) is 30.1 Å². The zero-order valence-corrected chi connectivity index (χ0v) is 18.5. The summed E-state index contributed by atoms with van der Waals surface area (Å²) in [7, 11) is 3.14. The van der Waals surface area contributed by atoms with Gasteiger partial charge in [0.2, 0.25) is 5.91 Å². The zero-order chi connectivity index (χ0) is 23.0. The molecule has 5 rings (SSSR count). The van der Waals surface area contributed by atoms with E-state index in [0.29, 0.717) is 16.9 Å². The normalized spacial score (nSPS) is 27.9. The number of anilines is 2. The molecule has 2 spiro atoms. The van der Waals surface area contributed by atoms with E-state index in [1.165, 1.54) is 28.0 Å². The summed E-state index contributed by atoms with van der Waals surface area (Å²) in [6.07, 6.45) is 0. The number of carbonyl (C=O) groups excluding carboxylic acids is 3. The van der Waals surface area contributed by atoms with Crippen LogP contribution < -0.4 is 15.1 Å². The van der Waals surface area contributed by atoms with E-state index in [9.17, 15) is 18.8 Å². The number of nitrogens with zero attached hydrogens (tertiary/aromatic N) is 2. The Morgan fingerprint density at radius 2 is 1.75 bits per heavy atom. The lowest BCUT2D eigenvalue weighted by atomic mass is 9.65. The fourth-order valence-corrected chi connectivity index (χ4v) is 5.95. The molecular weight excluding hydrogens is 433 g/mol. The monoisotopic (exact) mass is 453 g/mol. The van der Waals surface area contributed by atoms with Crippen molar-refractivity contribution in [3.63, 3.8) is 0 Å². The Balaban J connectivity index is 1.87. The Hall–Kier alpha value is -3.33. The summed E-state index contributed by atoms with van der Waals surface area (Å²) in [4.78, 5) is 43.9. The Kier molecular flexibility index (Phi) is 4.23. The van der Waals surface area contributed by atoms with Crippen LogP contribution in [0.5, 0.6) is 0 Å². The van der Waals surface area contributed by atoms with Crippen molar-refractivity contribution in [1.82, 2.24) is 5.32 Å². The summed E-state index contributed by atoms with van der Waals surface area (Å²) in [6, 6.07) is 11.0. The molecule has 7 nitrogen and oxygen atoms in total. The first-order chi connectivity index (χ1) is 15.2. The van der Waals surface area contributed by atoms with Crippen molar-refractivity contribution in [2.75, 3.05) is 30.5 Å². The lowest BCUT2D eigenvalue weighted by molar-refractivity contribution is -0.156. The molecule has 1 fully saturated rings. The summed E-state index contributed by atoms with van der Waals surface area (Å²) >= 11 is 5.69. The Morgan fingerprint density at radius 1 is 1.09 bits per heavy atom. The number of nitrogens with one attached hydrogen (secondary N) is 1. The molecule has 3 aliphatic heterocycles. The number of hydrogen-bond donors (Lipinski definition) is 1. The van der Waals surface area contributed by atoms with E-state index in [1.54, 1.807) is 45.3 Å². The molecular formula is C23H20FN3O4S. The van der Waals surface area contributed by atoms with Crippen molar-refractivity contribution in [3.05, 3.63) is 59.4 Å². The molecule has 3 atom stereocenters. The first-order valence-electron chi connectivity index (χ1n) is 10.2. The van der Waals surface area contributed by atoms with Crippen LogP contribution in [0.3, 0.4) is 0 Å². The molecule has 0 radical (unpaired) electrons. The number of carbonyl (C=O) groups is 3. The number of ether oxygens (including phenoxy) is 1. The molecule has 0 aromatic heterocycles. The molecule has 9 heteroatoms. The number of halogens is 1. The molecule has 3 aliphatic rings. The van der Waals surface area contributed by atoms with Gasteiger partial charge in [0.15, 0.2) is 5.54 Å². The van der Waals surface area contributed by atoms with E-state index in [-0.39, 0.29) is 17.2 Å². The van der Waals surface area contributed by atoms with Crippen LogP contribution in [0, 0.1) is 11.7 Å². The number of hydrogen-bond acceptors (Lipinski definition) is 5. The van der Waals surface area contributed by atoms with Crippen LogP contribution in [0.1, 0.15) is 18.1 Å². The van der Waals surface area contributed by atoms with Gasteiger partial charge in [-0.3, -0.25) is 14.4 Å². The minimum absolute atomic E-state index is 0.00444. The molecule has 32 heavy (non-hydrogen) atoms. The van der Waals surface area contributed by atoms with Crippen molar-refractivity contribution >= 4 is 46.4 Å². The van der Waals surface area contributed by atoms with E-state index in [0.717, 1.165) is 0 Å². The van der Waals surface area contributed by atoms with Gasteiger partial charge in [0.25, 0.3) is 5.91 Å². The number of thiocarbonyl (C=S) groups is 1. The number of rotatable bonds is 2. The average Bonchev–Trinajstić information content (AvgIpc) is 3.26. The molecule has 164 valence electrons. The van der Waals surface area contributed by atoms with Gasteiger partial charge in [-0.1, -0.05) is 30.4 Å². The second kappa shape index (κ2) is 6.59. The highest BCUT2D eigenvalue weighted by atomic mass is 32.1. The average molecular weight is 453 g/mol. The summed E-state index contributed by atoms with van der Waals surface area (Å²) in [5, 5.41) is 3.07. The SMILES string of the molecule is CCOC(=O)[C@H]1[C@]2(C(=O)N(C)c3ccc(F)cc32)C(=S)N[C@]12C(=O)N(C)c1ccccc12. The van der Waals surface area contributed by atoms with Gasteiger partial charge in [0.1, 0.15) is 17.2 Å². The Labute approximate surface area is 189 Å². The van der Waals surface area contributed by atoms with E-state index >= 15 is 0 Å². The number of likely N-dealkylation sites (N-methyl/N-ethyl adjacent to an activating group) is 2. The second-order valence-corrected chi connectivity index (χ2v) is 8.57. The van der Waals surface area contributed by atoms with Gasteiger partial charge in [0.05, 0.1) is 11.6 Å². The first-order valence-corrected chi connectivity index (χ1v) is 10.6. The predicted molar refractivity (Wildman–Crippen MR) is 119 cm³/mol. The van der Waals surface area contributed by atoms with Gasteiger partial charge in [-0.05, 0) is 31.2 Å². The zero-order valence-electron chi connectivity index (χ0n) is 17.6. The maximum atomic E-state index is 14.4. The fraction of sp³-hybridized carbons (Fsp3) is 0.304. The molecule has 0 aliphatic carbocycles. The Bertz CT molecular complexity index is 1230. The highest BCUT2D eigenvalue weighted by molar-refractivity contribution is 7.80. The molecule has 1 N–H and O–H groups in total. The molecule has 2 aromatic rings. The maximum absolute atomic E-state index is 14.4. The minimum Gasteiger partial charge on any atom is -0.466 e. The van der Waals surface area contributed by atoms with Crippen LogP contribution >= 0.6 is 12.2 Å². The summed E-state index contributed by atoms with van der Waals surface area (Å²) in [6.45, 7) is 1.69. The third-order valence-corrected chi connectivity index (χ3v) is 7.20. The van der Waals surface area contributed by atoms with Gasteiger partial charge in [-0.15, -0.1) is 0 Å². The molecule has 1 saturated heterocycles. The minimum atomic E-state index is -1.78. The number of esters is 1. The topological polar surface area (TPSA) is 79.0 Å². The summed E-state index contributed by atoms with van der Waals surface area (Å²) in [5.41, 5.74) is -1.64. The van der Waals surface area contributed by atoms with Crippen molar-refractivity contribution in [1.29, 1.82) is 0 Å². The molecule has 2 amide bonds. The maximum Gasteiger partial charge on any atom is 0.314 e. The standard InChI is InChI=1S/C23H20FN3O4S/c1-4-31-18(28)17-22(14-11-12(24)9-10-16(14)26(2)20(22)29)19(32)25-23(17)13-7-5-6-8-15(13)27(3)21(23)30/h5-11,17H,4H2,1-3H3,(H,25,32)/t17-,22-,23-/m0/s1. The van der Waals surface area contributed by atoms with Crippen LogP contribution in [0.15, 0.2) is 42.5 Å². The van der Waals surface area contributed by atoms with Crippen LogP contribution in [0.4, 0.5) is 15.8 Å². The number of benzene rings is 2. The predicted octanol–water partition coefficient (Wildman–Crippen LogP) is 2.02. The van der Waals surface area contributed by atoms with Gasteiger partial charge in [-0.2, -0.15) is 0 Å². The second-order valence-electron chi connectivity index (χ2n) is 8.16. The molecule has 2 aromatic carbocycles. The largest absolute Gasteiger partial charge is 0.466 e. The van der Waals surface area contributed by atoms with Crippen molar-refractivity contribution in [2.24, 2.45) is 5.92 Å². The quantitative estimate of drug-likeness (QED) is 0.554. The van der Waals surface area contributed by atoms with Crippen LogP contribution in [0.25, 0.3) is 0 Å².